The third-order valence-corrected chi connectivity index (χ3v) is 4.19. The molecule has 27 heavy (non-hydrogen) atoms. The molecule has 1 aromatic carbocycles. The lowest BCUT2D eigenvalue weighted by molar-refractivity contribution is -0.138. The van der Waals surface area contributed by atoms with Crippen molar-refractivity contribution in [3.8, 4) is 17.1 Å². The number of anilines is 1. The second-order valence-electron chi connectivity index (χ2n) is 6.72. The molecule has 0 radical (unpaired) electrons. The number of aromatic nitrogens is 1. The van der Waals surface area contributed by atoms with E-state index in [1.165, 1.54) is 13.5 Å². The van der Waals surface area contributed by atoms with Crippen LogP contribution in [0, 0.1) is 0 Å². The number of ether oxygens (including phenoxy) is 1. The van der Waals surface area contributed by atoms with E-state index in [9.17, 15) is 14.7 Å². The van der Waals surface area contributed by atoms with Gasteiger partial charge in [-0.25, -0.2) is 4.98 Å². The average molecular weight is 375 g/mol. The van der Waals surface area contributed by atoms with E-state index < -0.39 is 23.5 Å². The zero-order chi connectivity index (χ0) is 20.0. The molecule has 3 N–H and O–H groups in total. The molecule has 146 valence electrons. The van der Waals surface area contributed by atoms with E-state index in [4.69, 9.17) is 9.15 Å². The number of rotatable bonds is 7. The number of benzene rings is 1. The largest absolute Gasteiger partial charge is 0.496 e. The first-order chi connectivity index (χ1) is 12.8. The summed E-state index contributed by atoms with van der Waals surface area (Å²) < 4.78 is 10.6. The molecule has 8 nitrogen and oxygen atoms in total. The second-order valence-corrected chi connectivity index (χ2v) is 6.72. The van der Waals surface area contributed by atoms with Gasteiger partial charge in [0.25, 0.3) is 0 Å². The zero-order valence-corrected chi connectivity index (χ0v) is 15.9. The molecular formula is C19H25N3O5. The van der Waals surface area contributed by atoms with Crippen LogP contribution in [0.25, 0.3) is 11.3 Å². The van der Waals surface area contributed by atoms with E-state index in [0.717, 1.165) is 6.42 Å². The van der Waals surface area contributed by atoms with E-state index in [-0.39, 0.29) is 0 Å². The fraction of sp³-hybridized carbons (Fsp3) is 0.421. The molecule has 0 saturated heterocycles. The van der Waals surface area contributed by atoms with Crippen molar-refractivity contribution in [2.45, 2.75) is 45.3 Å². The molecule has 1 atom stereocenters. The van der Waals surface area contributed by atoms with Gasteiger partial charge in [0.15, 0.2) is 12.2 Å². The van der Waals surface area contributed by atoms with E-state index in [1.807, 2.05) is 6.92 Å². The Labute approximate surface area is 157 Å². The van der Waals surface area contributed by atoms with Crippen LogP contribution in [-0.4, -0.2) is 40.7 Å². The first-order valence-corrected chi connectivity index (χ1v) is 8.67. The quantitative estimate of drug-likeness (QED) is 0.640. The number of nitrogens with zero attached hydrogens (tertiary/aromatic N) is 1. The standard InChI is InChI=1S/C19H25N3O5/c1-5-6-16(23)19(2,3)22-18(25)17(24)21-12-7-8-13(14(9-12)26-4)15-10-20-11-27-15/h7-11,16,23H,5-6H2,1-4H3,(H,21,24)(H,22,25). The Kier molecular flexibility index (Phi) is 6.57. The van der Waals surface area contributed by atoms with Gasteiger partial charge in [-0.1, -0.05) is 13.3 Å². The summed E-state index contributed by atoms with van der Waals surface area (Å²) in [5, 5.41) is 15.2. The van der Waals surface area contributed by atoms with Gasteiger partial charge < -0.3 is 24.9 Å². The van der Waals surface area contributed by atoms with Crippen molar-refractivity contribution in [2.75, 3.05) is 12.4 Å². The number of carbonyl (C=O) groups is 2. The molecule has 2 amide bonds. The molecule has 1 aromatic heterocycles. The number of amides is 2. The number of carbonyl (C=O) groups excluding carboxylic acids is 2. The molecule has 2 aromatic rings. The fourth-order valence-electron chi connectivity index (χ4n) is 2.58. The number of hydrogen-bond acceptors (Lipinski definition) is 6. The third kappa shape index (κ3) is 5.07. The molecule has 0 bridgehead atoms. The highest BCUT2D eigenvalue weighted by molar-refractivity contribution is 6.39. The summed E-state index contributed by atoms with van der Waals surface area (Å²) >= 11 is 0. The number of methoxy groups -OCH3 is 1. The molecule has 0 fully saturated rings. The van der Waals surface area contributed by atoms with Gasteiger partial charge in [0.2, 0.25) is 0 Å². The van der Waals surface area contributed by atoms with Gasteiger partial charge in [-0.2, -0.15) is 0 Å². The fourth-order valence-corrected chi connectivity index (χ4v) is 2.58. The minimum Gasteiger partial charge on any atom is -0.496 e. The van der Waals surface area contributed by atoms with Crippen molar-refractivity contribution in [1.82, 2.24) is 10.3 Å². The van der Waals surface area contributed by atoms with Crippen molar-refractivity contribution < 1.29 is 23.8 Å². The Morgan fingerprint density at radius 3 is 2.67 bits per heavy atom. The minimum absolute atomic E-state index is 0.391. The summed E-state index contributed by atoms with van der Waals surface area (Å²) in [6.45, 7) is 5.28. The van der Waals surface area contributed by atoms with Gasteiger partial charge in [-0.05, 0) is 32.4 Å². The molecular weight excluding hydrogens is 350 g/mol. The van der Waals surface area contributed by atoms with E-state index in [2.05, 4.69) is 15.6 Å². The van der Waals surface area contributed by atoms with E-state index in [0.29, 0.717) is 29.2 Å². The summed E-state index contributed by atoms with van der Waals surface area (Å²) in [5.41, 5.74) is 0.140. The lowest BCUT2D eigenvalue weighted by atomic mass is 9.93. The minimum atomic E-state index is -0.918. The van der Waals surface area contributed by atoms with Crippen LogP contribution in [0.1, 0.15) is 33.6 Å². The van der Waals surface area contributed by atoms with Gasteiger partial charge in [0, 0.05) is 11.8 Å². The summed E-state index contributed by atoms with van der Waals surface area (Å²) in [6, 6.07) is 4.91. The van der Waals surface area contributed by atoms with Crippen molar-refractivity contribution in [1.29, 1.82) is 0 Å². The van der Waals surface area contributed by atoms with Crippen LogP contribution < -0.4 is 15.4 Å². The molecule has 1 heterocycles. The van der Waals surface area contributed by atoms with Crippen LogP contribution in [0.5, 0.6) is 5.75 Å². The predicted octanol–water partition coefficient (Wildman–Crippen LogP) is 2.34. The maximum absolute atomic E-state index is 12.2. The lowest BCUT2D eigenvalue weighted by Gasteiger charge is -2.31. The average Bonchev–Trinajstić information content (AvgIpc) is 3.15. The van der Waals surface area contributed by atoms with E-state index in [1.54, 1.807) is 38.2 Å². The number of aliphatic hydroxyl groups excluding tert-OH is 1. The first-order valence-electron chi connectivity index (χ1n) is 8.67. The highest BCUT2D eigenvalue weighted by Gasteiger charge is 2.31. The Bertz CT molecular complexity index is 787. The van der Waals surface area contributed by atoms with Gasteiger partial charge in [0.05, 0.1) is 30.5 Å². The van der Waals surface area contributed by atoms with Crippen molar-refractivity contribution in [2.24, 2.45) is 0 Å². The molecule has 0 aliphatic heterocycles. The summed E-state index contributed by atoms with van der Waals surface area (Å²) in [5.74, 6) is -0.674. The Hall–Kier alpha value is -2.87. The van der Waals surface area contributed by atoms with Gasteiger partial charge in [-0.15, -0.1) is 0 Å². The van der Waals surface area contributed by atoms with Gasteiger partial charge in [-0.3, -0.25) is 9.59 Å². The van der Waals surface area contributed by atoms with Gasteiger partial charge in [0.1, 0.15) is 5.75 Å². The Morgan fingerprint density at radius 1 is 1.33 bits per heavy atom. The van der Waals surface area contributed by atoms with Crippen molar-refractivity contribution in [3.05, 3.63) is 30.8 Å². The summed E-state index contributed by atoms with van der Waals surface area (Å²) in [6.07, 6.45) is 3.40. The number of hydrogen-bond donors (Lipinski definition) is 3. The number of aliphatic hydroxyl groups is 1. The van der Waals surface area contributed by atoms with Crippen molar-refractivity contribution >= 4 is 17.5 Å². The highest BCUT2D eigenvalue weighted by atomic mass is 16.5. The van der Waals surface area contributed by atoms with E-state index >= 15 is 0 Å². The molecule has 0 spiro atoms. The van der Waals surface area contributed by atoms with Crippen molar-refractivity contribution in [3.63, 3.8) is 0 Å². The van der Waals surface area contributed by atoms with Crippen LogP contribution in [0.15, 0.2) is 35.2 Å². The van der Waals surface area contributed by atoms with Crippen LogP contribution in [-0.2, 0) is 9.59 Å². The normalized spacial score (nSPS) is 12.3. The summed E-state index contributed by atoms with van der Waals surface area (Å²) in [7, 11) is 1.49. The third-order valence-electron chi connectivity index (χ3n) is 4.19. The van der Waals surface area contributed by atoms with Crippen LogP contribution in [0.2, 0.25) is 0 Å². The zero-order valence-electron chi connectivity index (χ0n) is 15.9. The molecule has 0 aliphatic carbocycles. The Morgan fingerprint density at radius 2 is 2.07 bits per heavy atom. The maximum Gasteiger partial charge on any atom is 0.313 e. The Balaban J connectivity index is 2.08. The topological polar surface area (TPSA) is 114 Å². The van der Waals surface area contributed by atoms with Crippen LogP contribution in [0.3, 0.4) is 0 Å². The smallest absolute Gasteiger partial charge is 0.313 e. The number of oxazole rings is 1. The summed E-state index contributed by atoms with van der Waals surface area (Å²) in [4.78, 5) is 28.3. The van der Waals surface area contributed by atoms with Gasteiger partial charge >= 0.3 is 11.8 Å². The lowest BCUT2D eigenvalue weighted by Crippen LogP contribution is -2.54. The van der Waals surface area contributed by atoms with Crippen LogP contribution in [0.4, 0.5) is 5.69 Å². The monoisotopic (exact) mass is 375 g/mol. The second kappa shape index (κ2) is 8.68. The molecule has 2 rings (SSSR count). The molecule has 8 heteroatoms. The molecule has 1 unspecified atom stereocenters. The maximum atomic E-state index is 12.2. The molecule has 0 saturated carbocycles. The van der Waals surface area contributed by atoms with Crippen LogP contribution >= 0.6 is 0 Å². The SMILES string of the molecule is CCCC(O)C(C)(C)NC(=O)C(=O)Nc1ccc(-c2cnco2)c(OC)c1. The predicted molar refractivity (Wildman–Crippen MR) is 100 cm³/mol. The molecule has 0 aliphatic rings. The number of nitrogens with one attached hydrogen (secondary N) is 2. The highest BCUT2D eigenvalue weighted by Crippen LogP contribution is 2.32. The first kappa shape index (κ1) is 20.4.